The molecule has 2 aromatic rings. The van der Waals surface area contributed by atoms with Crippen LogP contribution in [-0.2, 0) is 16.1 Å². The number of aromatic hydroxyl groups is 1. The molecule has 2 aromatic carbocycles. The lowest BCUT2D eigenvalue weighted by Crippen LogP contribution is -2.49. The molecule has 2 aliphatic rings. The van der Waals surface area contributed by atoms with Gasteiger partial charge in [0.25, 0.3) is 5.91 Å². The van der Waals surface area contributed by atoms with E-state index < -0.39 is 0 Å². The van der Waals surface area contributed by atoms with Gasteiger partial charge in [0.2, 0.25) is 0 Å². The van der Waals surface area contributed by atoms with Gasteiger partial charge in [0.1, 0.15) is 0 Å². The smallest absolute Gasteiger partial charge is 0.254 e. The molecule has 0 unspecified atom stereocenters. The summed E-state index contributed by atoms with van der Waals surface area (Å²) < 4.78 is 10.7. The highest BCUT2D eigenvalue weighted by Gasteiger charge is 2.19. The van der Waals surface area contributed by atoms with Crippen LogP contribution in [0.4, 0.5) is 5.69 Å². The van der Waals surface area contributed by atoms with Gasteiger partial charge in [-0.15, -0.1) is 0 Å². The fourth-order valence-electron chi connectivity index (χ4n) is 4.26. The number of carbonyl (C=O) groups excluding carboxylic acids is 1. The van der Waals surface area contributed by atoms with E-state index in [-0.39, 0.29) is 11.7 Å². The average Bonchev–Trinajstić information content (AvgIpc) is 2.87. The van der Waals surface area contributed by atoms with Gasteiger partial charge in [0.05, 0.1) is 33.1 Å². The number of ether oxygens (including phenoxy) is 2. The number of rotatable bonds is 8. The number of hydrogen-bond acceptors (Lipinski definition) is 8. The summed E-state index contributed by atoms with van der Waals surface area (Å²) in [6, 6.07) is 13.9. The number of carbonyl (C=O) groups is 1. The summed E-state index contributed by atoms with van der Waals surface area (Å²) in [6.07, 6.45) is 1.58. The molecular weight excluding hydrogens is 434 g/mol. The van der Waals surface area contributed by atoms with E-state index in [0.717, 1.165) is 50.4 Å². The minimum absolute atomic E-state index is 0.129. The molecule has 1 amide bonds. The molecule has 34 heavy (non-hydrogen) atoms. The Hall–Kier alpha value is -3.14. The van der Waals surface area contributed by atoms with Gasteiger partial charge in [-0.25, -0.2) is 5.43 Å². The number of phenols is 1. The Bertz CT molecular complexity index is 971. The first kappa shape index (κ1) is 24.0. The zero-order valence-electron chi connectivity index (χ0n) is 19.7. The van der Waals surface area contributed by atoms with Crippen LogP contribution in [0.1, 0.15) is 11.1 Å². The normalized spacial score (nSPS) is 17.7. The fraction of sp³-hybridized carbons (Fsp3) is 0.440. The van der Waals surface area contributed by atoms with Crippen molar-refractivity contribution in [2.24, 2.45) is 5.10 Å². The number of anilines is 1. The van der Waals surface area contributed by atoms with Crippen molar-refractivity contribution in [2.45, 2.75) is 6.54 Å². The minimum atomic E-state index is -0.149. The number of benzene rings is 2. The van der Waals surface area contributed by atoms with Crippen LogP contribution in [0.5, 0.6) is 11.5 Å². The zero-order valence-corrected chi connectivity index (χ0v) is 19.7. The van der Waals surface area contributed by atoms with Crippen LogP contribution in [0.25, 0.3) is 0 Å². The first-order valence-electron chi connectivity index (χ1n) is 11.7. The molecule has 0 saturated carbocycles. The maximum absolute atomic E-state index is 12.4. The summed E-state index contributed by atoms with van der Waals surface area (Å²) in [5.41, 5.74) is 5.34. The third-order valence-corrected chi connectivity index (χ3v) is 6.16. The number of nitrogens with zero attached hydrogens (tertiary/aromatic N) is 4. The van der Waals surface area contributed by atoms with E-state index >= 15 is 0 Å². The predicted molar refractivity (Wildman–Crippen MR) is 132 cm³/mol. The molecular formula is C25H33N5O4. The number of phenolic OH excluding ortho intramolecular Hbond substituents is 1. The summed E-state index contributed by atoms with van der Waals surface area (Å²) in [7, 11) is 1.52. The molecule has 0 atom stereocenters. The van der Waals surface area contributed by atoms with Gasteiger partial charge < -0.3 is 19.5 Å². The van der Waals surface area contributed by atoms with Crippen LogP contribution >= 0.6 is 0 Å². The topological polar surface area (TPSA) is 89.9 Å². The van der Waals surface area contributed by atoms with E-state index in [1.54, 1.807) is 12.3 Å². The largest absolute Gasteiger partial charge is 0.504 e. The second-order valence-corrected chi connectivity index (χ2v) is 8.51. The van der Waals surface area contributed by atoms with Crippen LogP contribution in [0.2, 0.25) is 0 Å². The maximum Gasteiger partial charge on any atom is 0.254 e. The van der Waals surface area contributed by atoms with E-state index in [0.29, 0.717) is 32.1 Å². The number of morpholine rings is 1. The summed E-state index contributed by atoms with van der Waals surface area (Å²) in [6.45, 7) is 7.33. The lowest BCUT2D eigenvalue weighted by molar-refractivity contribution is -0.122. The van der Waals surface area contributed by atoms with E-state index in [4.69, 9.17) is 9.47 Å². The Labute approximate surface area is 200 Å². The molecule has 2 aliphatic heterocycles. The number of methoxy groups -OCH3 is 1. The number of hydrogen-bond donors (Lipinski definition) is 2. The first-order valence-corrected chi connectivity index (χ1v) is 11.7. The maximum atomic E-state index is 12.4. The van der Waals surface area contributed by atoms with Crippen LogP contribution in [-0.4, -0.2) is 93.2 Å². The quantitative estimate of drug-likeness (QED) is 0.449. The van der Waals surface area contributed by atoms with Gasteiger partial charge in [-0.2, -0.15) is 5.10 Å². The monoisotopic (exact) mass is 467 g/mol. The third kappa shape index (κ3) is 6.47. The molecule has 9 heteroatoms. The standard InChI is InChI=1S/C25H33N5O4/c1-33-23-16-20(15-21(25(23)32)18-29-11-13-34-14-12-29)17-26-27-24(31)19-28-7-9-30(10-8-28)22-5-3-2-4-6-22/h2-6,15-17,32H,7-14,18-19H2,1H3,(H,27,31). The second-order valence-electron chi connectivity index (χ2n) is 8.51. The molecule has 182 valence electrons. The number of para-hydroxylation sites is 1. The minimum Gasteiger partial charge on any atom is -0.504 e. The number of hydrazone groups is 1. The van der Waals surface area contributed by atoms with Crippen LogP contribution in [0.15, 0.2) is 47.6 Å². The van der Waals surface area contributed by atoms with Gasteiger partial charge in [-0.05, 0) is 29.8 Å². The third-order valence-electron chi connectivity index (χ3n) is 6.16. The van der Waals surface area contributed by atoms with E-state index in [1.165, 1.54) is 12.8 Å². The molecule has 0 aliphatic carbocycles. The summed E-state index contributed by atoms with van der Waals surface area (Å²) in [5.74, 6) is 0.364. The molecule has 9 nitrogen and oxygen atoms in total. The van der Waals surface area contributed by atoms with Crippen molar-refractivity contribution < 1.29 is 19.4 Å². The summed E-state index contributed by atoms with van der Waals surface area (Å²) >= 11 is 0. The van der Waals surface area contributed by atoms with Crippen molar-refractivity contribution in [1.82, 2.24) is 15.2 Å². The molecule has 0 radical (unpaired) electrons. The Kier molecular flexibility index (Phi) is 8.35. The highest BCUT2D eigenvalue weighted by molar-refractivity contribution is 5.84. The molecule has 0 spiro atoms. The highest BCUT2D eigenvalue weighted by Crippen LogP contribution is 2.32. The predicted octanol–water partition coefficient (Wildman–Crippen LogP) is 1.51. The van der Waals surface area contributed by atoms with Gasteiger partial charge in [-0.1, -0.05) is 18.2 Å². The number of piperazine rings is 1. The molecule has 0 bridgehead atoms. The highest BCUT2D eigenvalue weighted by atomic mass is 16.5. The van der Waals surface area contributed by atoms with Crippen LogP contribution in [0, 0.1) is 0 Å². The van der Waals surface area contributed by atoms with Crippen LogP contribution in [0.3, 0.4) is 0 Å². The lowest BCUT2D eigenvalue weighted by Gasteiger charge is -2.35. The Balaban J connectivity index is 1.28. The van der Waals surface area contributed by atoms with Gasteiger partial charge in [0, 0.05) is 57.1 Å². The van der Waals surface area contributed by atoms with Crippen molar-refractivity contribution in [3.05, 3.63) is 53.6 Å². The van der Waals surface area contributed by atoms with Crippen molar-refractivity contribution in [3.63, 3.8) is 0 Å². The first-order chi connectivity index (χ1) is 16.6. The fourth-order valence-corrected chi connectivity index (χ4v) is 4.26. The van der Waals surface area contributed by atoms with E-state index in [9.17, 15) is 9.90 Å². The van der Waals surface area contributed by atoms with Crippen molar-refractivity contribution in [2.75, 3.05) is 71.0 Å². The Morgan fingerprint density at radius 1 is 1.09 bits per heavy atom. The summed E-state index contributed by atoms with van der Waals surface area (Å²) in [5, 5.41) is 14.7. The molecule has 2 fully saturated rings. The van der Waals surface area contributed by atoms with Gasteiger partial charge in [-0.3, -0.25) is 14.6 Å². The van der Waals surface area contributed by atoms with E-state index in [1.807, 2.05) is 24.3 Å². The van der Waals surface area contributed by atoms with E-state index in [2.05, 4.69) is 37.4 Å². The number of amides is 1. The molecule has 2 saturated heterocycles. The molecule has 2 N–H and O–H groups in total. The lowest BCUT2D eigenvalue weighted by atomic mass is 10.1. The SMILES string of the molecule is COc1cc(C=NNC(=O)CN2CCN(c3ccccc3)CC2)cc(CN2CCOCC2)c1O. The Morgan fingerprint density at radius 3 is 2.53 bits per heavy atom. The second kappa shape index (κ2) is 11.8. The average molecular weight is 468 g/mol. The van der Waals surface area contributed by atoms with Crippen molar-refractivity contribution >= 4 is 17.8 Å². The van der Waals surface area contributed by atoms with Gasteiger partial charge in [0.15, 0.2) is 11.5 Å². The number of nitrogens with one attached hydrogen (secondary N) is 1. The molecule has 2 heterocycles. The van der Waals surface area contributed by atoms with Crippen LogP contribution < -0.4 is 15.1 Å². The van der Waals surface area contributed by atoms with Crippen molar-refractivity contribution in [1.29, 1.82) is 0 Å². The van der Waals surface area contributed by atoms with Crippen molar-refractivity contribution in [3.8, 4) is 11.5 Å². The Morgan fingerprint density at radius 2 is 1.82 bits per heavy atom. The molecule has 0 aromatic heterocycles. The zero-order chi connectivity index (χ0) is 23.8. The van der Waals surface area contributed by atoms with Gasteiger partial charge >= 0.3 is 0 Å². The molecule has 4 rings (SSSR count). The summed E-state index contributed by atoms with van der Waals surface area (Å²) in [4.78, 5) is 19.1.